The molecule has 0 N–H and O–H groups in total. The Morgan fingerprint density at radius 1 is 1.08 bits per heavy atom. The van der Waals surface area contributed by atoms with Gasteiger partial charge in [-0.3, -0.25) is 0 Å². The lowest BCUT2D eigenvalue weighted by Gasteiger charge is -2.33. The van der Waals surface area contributed by atoms with E-state index in [1.807, 2.05) is 17.4 Å². The smallest absolute Gasteiger partial charge is 0.116 e. The molecule has 4 aromatic rings. The molecule has 5 rings (SSSR count). The molecule has 1 aliphatic heterocycles. The molecule has 0 amide bonds. The molecule has 0 spiro atoms. The average Bonchev–Trinajstić information content (AvgIpc) is 3.15. The fourth-order valence-electron chi connectivity index (χ4n) is 3.94. The van der Waals surface area contributed by atoms with E-state index in [4.69, 9.17) is 0 Å². The molecule has 0 saturated heterocycles. The van der Waals surface area contributed by atoms with Crippen molar-refractivity contribution < 1.29 is 0 Å². The molecule has 3 nitrogen and oxygen atoms in total. The monoisotopic (exact) mass is 357 g/mol. The van der Waals surface area contributed by atoms with Gasteiger partial charge in [-0.15, -0.1) is 11.3 Å². The largest absolute Gasteiger partial charge is 0.301 e. The Hall–Kier alpha value is -2.56. The van der Waals surface area contributed by atoms with E-state index in [1.54, 1.807) is 12.5 Å². The molecular formula is C22H19N3S. The Kier molecular flexibility index (Phi) is 3.80. The highest BCUT2D eigenvalue weighted by Crippen LogP contribution is 2.36. The molecule has 0 saturated carbocycles. The zero-order valence-corrected chi connectivity index (χ0v) is 15.4. The van der Waals surface area contributed by atoms with Gasteiger partial charge >= 0.3 is 0 Å². The van der Waals surface area contributed by atoms with Crippen LogP contribution in [0.5, 0.6) is 0 Å². The minimum Gasteiger partial charge on any atom is -0.301 e. The van der Waals surface area contributed by atoms with Gasteiger partial charge in [0.05, 0.1) is 5.69 Å². The fraction of sp³-hybridized carbons (Fsp3) is 0.182. The quantitative estimate of drug-likeness (QED) is 0.509. The predicted molar refractivity (Wildman–Crippen MR) is 107 cm³/mol. The van der Waals surface area contributed by atoms with Gasteiger partial charge in [0.1, 0.15) is 6.33 Å². The molecule has 1 atom stereocenters. The van der Waals surface area contributed by atoms with Crippen molar-refractivity contribution in [2.24, 2.45) is 0 Å². The average molecular weight is 357 g/mol. The highest BCUT2D eigenvalue weighted by Gasteiger charge is 2.25. The number of rotatable bonds is 2. The topological polar surface area (TPSA) is 29.0 Å². The van der Waals surface area contributed by atoms with Crippen LogP contribution in [-0.2, 0) is 6.54 Å². The number of hydrogen-bond acceptors (Lipinski definition) is 4. The summed E-state index contributed by atoms with van der Waals surface area (Å²) in [6.07, 6.45) is 3.41. The highest BCUT2D eigenvalue weighted by atomic mass is 32.1. The number of nitrogens with zero attached hydrogens (tertiary/aromatic N) is 3. The van der Waals surface area contributed by atoms with E-state index in [0.717, 1.165) is 24.3 Å². The van der Waals surface area contributed by atoms with Gasteiger partial charge in [-0.2, -0.15) is 0 Å². The minimum absolute atomic E-state index is 0.412. The summed E-state index contributed by atoms with van der Waals surface area (Å²) in [4.78, 5) is 10.8. The maximum Gasteiger partial charge on any atom is 0.116 e. The third-order valence-electron chi connectivity index (χ3n) is 5.21. The second kappa shape index (κ2) is 6.31. The molecule has 26 heavy (non-hydrogen) atoms. The minimum atomic E-state index is 0.412. The van der Waals surface area contributed by atoms with Crippen molar-refractivity contribution in [1.29, 1.82) is 0 Å². The van der Waals surface area contributed by atoms with E-state index in [1.165, 1.54) is 26.8 Å². The number of thiophene rings is 1. The van der Waals surface area contributed by atoms with E-state index in [9.17, 15) is 0 Å². The van der Waals surface area contributed by atoms with E-state index >= 15 is 0 Å². The van der Waals surface area contributed by atoms with Crippen LogP contribution >= 0.6 is 11.3 Å². The SMILES string of the molecule is CN1Cc2cc(-c3ccncn3)ccc2C(c2ccc3ccsc3c2)C1. The third-order valence-corrected chi connectivity index (χ3v) is 6.09. The zero-order valence-electron chi connectivity index (χ0n) is 14.6. The lowest BCUT2D eigenvalue weighted by Crippen LogP contribution is -2.31. The van der Waals surface area contributed by atoms with Crippen molar-refractivity contribution in [3.8, 4) is 11.3 Å². The molecule has 2 aromatic carbocycles. The number of likely N-dealkylation sites (N-methyl/N-ethyl adjacent to an activating group) is 1. The molecule has 1 aliphatic rings. The standard InChI is InChI=1S/C22H19N3S/c1-25-12-18-10-17(21-6-8-23-14-24-21)4-5-19(18)20(13-25)16-3-2-15-7-9-26-22(15)11-16/h2-11,14,20H,12-13H2,1H3. The van der Waals surface area contributed by atoms with Gasteiger partial charge in [0.2, 0.25) is 0 Å². The van der Waals surface area contributed by atoms with Gasteiger partial charge in [0.25, 0.3) is 0 Å². The van der Waals surface area contributed by atoms with Crippen LogP contribution in [0, 0.1) is 0 Å². The second-order valence-corrected chi connectivity index (χ2v) is 7.92. The van der Waals surface area contributed by atoms with E-state index in [0.29, 0.717) is 5.92 Å². The fourth-order valence-corrected chi connectivity index (χ4v) is 4.78. The van der Waals surface area contributed by atoms with Crippen molar-refractivity contribution in [1.82, 2.24) is 14.9 Å². The summed E-state index contributed by atoms with van der Waals surface area (Å²) in [7, 11) is 2.21. The maximum atomic E-state index is 4.40. The Labute approximate surface area is 157 Å². The summed E-state index contributed by atoms with van der Waals surface area (Å²) >= 11 is 1.82. The summed E-state index contributed by atoms with van der Waals surface area (Å²) in [6, 6.07) is 17.9. The van der Waals surface area contributed by atoms with Crippen LogP contribution in [0.4, 0.5) is 0 Å². The number of benzene rings is 2. The molecule has 2 aromatic heterocycles. The van der Waals surface area contributed by atoms with Gasteiger partial charge < -0.3 is 4.90 Å². The van der Waals surface area contributed by atoms with Crippen molar-refractivity contribution >= 4 is 21.4 Å². The molecule has 0 radical (unpaired) electrons. The molecule has 0 bridgehead atoms. The van der Waals surface area contributed by atoms with Gasteiger partial charge in [-0.25, -0.2) is 9.97 Å². The summed E-state index contributed by atoms with van der Waals surface area (Å²) in [6.45, 7) is 2.03. The molecule has 1 unspecified atom stereocenters. The van der Waals surface area contributed by atoms with Crippen molar-refractivity contribution in [3.63, 3.8) is 0 Å². The van der Waals surface area contributed by atoms with Crippen LogP contribution in [0.1, 0.15) is 22.6 Å². The third kappa shape index (κ3) is 2.71. The van der Waals surface area contributed by atoms with Crippen molar-refractivity contribution in [2.75, 3.05) is 13.6 Å². The molecule has 0 fully saturated rings. The normalized spacial score (nSPS) is 17.3. The van der Waals surface area contributed by atoms with Crippen LogP contribution in [0.2, 0.25) is 0 Å². The Morgan fingerprint density at radius 2 is 2.04 bits per heavy atom. The predicted octanol–water partition coefficient (Wildman–Crippen LogP) is 4.94. The van der Waals surface area contributed by atoms with Gasteiger partial charge in [0, 0.05) is 35.5 Å². The second-order valence-electron chi connectivity index (χ2n) is 6.98. The van der Waals surface area contributed by atoms with Crippen LogP contribution in [0.15, 0.2) is 66.4 Å². The highest BCUT2D eigenvalue weighted by molar-refractivity contribution is 7.17. The molecule has 128 valence electrons. The van der Waals surface area contributed by atoms with E-state index in [2.05, 4.69) is 69.8 Å². The zero-order chi connectivity index (χ0) is 17.5. The first-order valence-corrected chi connectivity index (χ1v) is 9.71. The summed E-state index contributed by atoms with van der Waals surface area (Å²) in [5, 5.41) is 3.51. The number of hydrogen-bond donors (Lipinski definition) is 0. The van der Waals surface area contributed by atoms with Crippen LogP contribution < -0.4 is 0 Å². The lowest BCUT2D eigenvalue weighted by atomic mass is 9.83. The van der Waals surface area contributed by atoms with E-state index in [-0.39, 0.29) is 0 Å². The molecule has 0 aliphatic carbocycles. The Bertz CT molecular complexity index is 1070. The first-order valence-electron chi connectivity index (χ1n) is 8.83. The Morgan fingerprint density at radius 3 is 2.92 bits per heavy atom. The lowest BCUT2D eigenvalue weighted by molar-refractivity contribution is 0.295. The van der Waals surface area contributed by atoms with Crippen LogP contribution in [-0.4, -0.2) is 28.5 Å². The van der Waals surface area contributed by atoms with Crippen molar-refractivity contribution in [2.45, 2.75) is 12.5 Å². The first kappa shape index (κ1) is 15.7. The van der Waals surface area contributed by atoms with E-state index < -0.39 is 0 Å². The Balaban J connectivity index is 1.59. The summed E-state index contributed by atoms with van der Waals surface area (Å²) < 4.78 is 1.37. The van der Waals surface area contributed by atoms with Crippen LogP contribution in [0.3, 0.4) is 0 Å². The summed E-state index contributed by atoms with van der Waals surface area (Å²) in [5.41, 5.74) is 6.38. The van der Waals surface area contributed by atoms with Crippen LogP contribution in [0.25, 0.3) is 21.3 Å². The molecular weight excluding hydrogens is 338 g/mol. The van der Waals surface area contributed by atoms with Gasteiger partial charge in [-0.05, 0) is 58.8 Å². The van der Waals surface area contributed by atoms with Gasteiger partial charge in [-0.1, -0.05) is 24.3 Å². The number of aromatic nitrogens is 2. The molecule has 4 heteroatoms. The summed E-state index contributed by atoms with van der Waals surface area (Å²) in [5.74, 6) is 0.412. The van der Waals surface area contributed by atoms with Crippen molar-refractivity contribution in [3.05, 3.63) is 83.1 Å². The number of fused-ring (bicyclic) bond motifs is 2. The van der Waals surface area contributed by atoms with Gasteiger partial charge in [0.15, 0.2) is 0 Å². The first-order chi connectivity index (χ1) is 12.8. The molecule has 3 heterocycles. The maximum absolute atomic E-state index is 4.40.